The summed E-state index contributed by atoms with van der Waals surface area (Å²) in [6, 6.07) is 6.00. The smallest absolute Gasteiger partial charge is 0.298 e. The lowest BCUT2D eigenvalue weighted by atomic mass is 10.1. The average molecular weight is 332 g/mol. The quantitative estimate of drug-likeness (QED) is 0.697. The highest BCUT2D eigenvalue weighted by atomic mass is 32.2. The van der Waals surface area contributed by atoms with Crippen LogP contribution in [0.4, 0.5) is 0 Å². The zero-order valence-corrected chi connectivity index (χ0v) is 12.2. The Kier molecular flexibility index (Phi) is 3.93. The molecule has 0 saturated heterocycles. The minimum absolute atomic E-state index is 0.0870. The summed E-state index contributed by atoms with van der Waals surface area (Å²) in [7, 11) is -8.31. The number of fused-ring (bicyclic) bond motifs is 1. The number of hydrogen-bond donors (Lipinski definition) is 3. The molecule has 3 N–H and O–H groups in total. The van der Waals surface area contributed by atoms with Crippen LogP contribution < -0.4 is 0 Å². The fourth-order valence-electron chi connectivity index (χ4n) is 1.88. The molecule has 0 aliphatic rings. The van der Waals surface area contributed by atoms with E-state index in [9.17, 15) is 21.9 Å². The first-order valence-corrected chi connectivity index (χ1v) is 8.82. The summed E-state index contributed by atoms with van der Waals surface area (Å²) in [5.41, 5.74) is 0. The molecule has 9 heteroatoms. The third-order valence-electron chi connectivity index (χ3n) is 2.89. The number of benzene rings is 2. The van der Waals surface area contributed by atoms with Gasteiger partial charge < -0.3 is 10.2 Å². The second-order valence-electron chi connectivity index (χ2n) is 4.35. The lowest BCUT2D eigenvalue weighted by molar-refractivity contribution is 0.319. The van der Waals surface area contributed by atoms with Crippen LogP contribution in [0.25, 0.3) is 10.8 Å². The van der Waals surface area contributed by atoms with E-state index in [1.165, 1.54) is 18.2 Å². The third-order valence-corrected chi connectivity index (χ3v) is 5.46. The summed E-state index contributed by atoms with van der Waals surface area (Å²) in [5.74, 6) is -1.09. The molecular weight excluding hydrogens is 320 g/mol. The van der Waals surface area contributed by atoms with Gasteiger partial charge in [0.15, 0.2) is 9.84 Å². The van der Waals surface area contributed by atoms with Gasteiger partial charge in [0.1, 0.15) is 10.6 Å². The molecule has 0 amide bonds. The Balaban J connectivity index is 2.71. The van der Waals surface area contributed by atoms with Gasteiger partial charge in [-0.1, -0.05) is 6.07 Å². The molecular formula is C12H12O7S2. The molecule has 21 heavy (non-hydrogen) atoms. The van der Waals surface area contributed by atoms with Crippen LogP contribution >= 0.6 is 0 Å². The van der Waals surface area contributed by atoms with Gasteiger partial charge in [-0.3, -0.25) is 4.55 Å². The van der Waals surface area contributed by atoms with Crippen LogP contribution in [-0.2, 0) is 20.0 Å². The highest BCUT2D eigenvalue weighted by Gasteiger charge is 2.18. The van der Waals surface area contributed by atoms with E-state index in [-0.39, 0.29) is 10.3 Å². The van der Waals surface area contributed by atoms with Crippen LogP contribution in [0.2, 0.25) is 0 Å². The van der Waals surface area contributed by atoms with Crippen molar-refractivity contribution in [2.75, 3.05) is 12.4 Å². The van der Waals surface area contributed by atoms with Gasteiger partial charge in [-0.25, -0.2) is 8.42 Å². The Morgan fingerprint density at radius 2 is 1.62 bits per heavy atom. The number of rotatable bonds is 4. The Labute approximate surface area is 121 Å². The van der Waals surface area contributed by atoms with Gasteiger partial charge in [-0.15, -0.1) is 0 Å². The molecule has 0 fully saturated rings. The average Bonchev–Trinajstić information content (AvgIpc) is 2.36. The number of phenolic OH excluding ortho intramolecular Hbond substituents is 1. The van der Waals surface area contributed by atoms with E-state index < -0.39 is 43.0 Å². The minimum atomic E-state index is -4.62. The Hall–Kier alpha value is -1.68. The van der Waals surface area contributed by atoms with Crippen LogP contribution in [0.5, 0.6) is 5.75 Å². The Bertz CT molecular complexity index is 899. The third kappa shape index (κ3) is 3.16. The minimum Gasteiger partial charge on any atom is -0.506 e. The fourth-order valence-corrected chi connectivity index (χ4v) is 3.54. The van der Waals surface area contributed by atoms with Gasteiger partial charge in [0.25, 0.3) is 10.1 Å². The molecule has 114 valence electrons. The maximum absolute atomic E-state index is 11.8. The lowest BCUT2D eigenvalue weighted by Crippen LogP contribution is -2.09. The summed E-state index contributed by atoms with van der Waals surface area (Å²) in [6.45, 7) is -0.535. The molecule has 0 radical (unpaired) electrons. The summed E-state index contributed by atoms with van der Waals surface area (Å²) < 4.78 is 55.0. The molecule has 7 nitrogen and oxygen atoms in total. The van der Waals surface area contributed by atoms with E-state index in [2.05, 4.69) is 0 Å². The summed E-state index contributed by atoms with van der Waals surface area (Å²) in [6.07, 6.45) is 0. The summed E-state index contributed by atoms with van der Waals surface area (Å²) >= 11 is 0. The molecule has 0 saturated carbocycles. The van der Waals surface area contributed by atoms with Gasteiger partial charge in [0.2, 0.25) is 0 Å². The number of hydrogen-bond acceptors (Lipinski definition) is 6. The molecule has 0 bridgehead atoms. The van der Waals surface area contributed by atoms with E-state index in [1.54, 1.807) is 0 Å². The largest absolute Gasteiger partial charge is 0.506 e. The topological polar surface area (TPSA) is 129 Å². The molecule has 0 atom stereocenters. The van der Waals surface area contributed by atoms with E-state index >= 15 is 0 Å². The van der Waals surface area contributed by atoms with Gasteiger partial charge in [0.05, 0.1) is 17.3 Å². The van der Waals surface area contributed by atoms with E-state index in [4.69, 9.17) is 9.66 Å². The number of aliphatic hydroxyl groups excluding tert-OH is 1. The fraction of sp³-hybridized carbons (Fsp3) is 0.167. The van der Waals surface area contributed by atoms with Crippen LogP contribution in [0.15, 0.2) is 40.1 Å². The predicted molar refractivity (Wildman–Crippen MR) is 74.6 cm³/mol. The Morgan fingerprint density at radius 1 is 0.952 bits per heavy atom. The highest BCUT2D eigenvalue weighted by molar-refractivity contribution is 7.91. The number of aliphatic hydroxyl groups is 1. The zero-order chi connectivity index (χ0) is 15.8. The van der Waals surface area contributed by atoms with Crippen LogP contribution in [-0.4, -0.2) is 44.0 Å². The second kappa shape index (κ2) is 5.26. The van der Waals surface area contributed by atoms with Crippen LogP contribution in [0, 0.1) is 0 Å². The van der Waals surface area contributed by atoms with Crippen molar-refractivity contribution in [2.24, 2.45) is 0 Å². The van der Waals surface area contributed by atoms with Gasteiger partial charge in [-0.05, 0) is 35.0 Å². The van der Waals surface area contributed by atoms with Crippen molar-refractivity contribution in [3.63, 3.8) is 0 Å². The molecule has 2 rings (SSSR count). The first-order valence-electron chi connectivity index (χ1n) is 5.73. The van der Waals surface area contributed by atoms with E-state index in [1.807, 2.05) is 0 Å². The van der Waals surface area contributed by atoms with Crippen molar-refractivity contribution in [1.82, 2.24) is 0 Å². The molecule has 0 unspecified atom stereocenters. The SMILES string of the molecule is O=S(=O)(O)c1cc2cc(S(=O)(=O)CCO)ccc2cc1O. The van der Waals surface area contributed by atoms with Gasteiger partial charge >= 0.3 is 0 Å². The maximum Gasteiger partial charge on any atom is 0.298 e. The molecule has 2 aromatic rings. The maximum atomic E-state index is 11.8. The van der Waals surface area contributed by atoms with E-state index in [0.717, 1.165) is 12.1 Å². The number of sulfone groups is 1. The Morgan fingerprint density at radius 3 is 2.19 bits per heavy atom. The number of phenols is 1. The van der Waals surface area contributed by atoms with Crippen molar-refractivity contribution in [1.29, 1.82) is 0 Å². The second-order valence-corrected chi connectivity index (χ2v) is 7.85. The zero-order valence-electron chi connectivity index (χ0n) is 10.6. The monoisotopic (exact) mass is 332 g/mol. The first-order chi connectivity index (χ1) is 9.65. The van der Waals surface area contributed by atoms with Crippen LogP contribution in [0.3, 0.4) is 0 Å². The van der Waals surface area contributed by atoms with Crippen molar-refractivity contribution < 1.29 is 31.6 Å². The molecule has 0 aromatic heterocycles. The van der Waals surface area contributed by atoms with Crippen molar-refractivity contribution in [2.45, 2.75) is 9.79 Å². The lowest BCUT2D eigenvalue weighted by Gasteiger charge is -2.07. The first kappa shape index (κ1) is 15.7. The predicted octanol–water partition coefficient (Wildman–Crippen LogP) is 0.558. The summed E-state index contributed by atoms with van der Waals surface area (Å²) in [4.78, 5) is -0.789. The normalized spacial score (nSPS) is 12.7. The molecule has 0 spiro atoms. The van der Waals surface area contributed by atoms with Crippen LogP contribution in [0.1, 0.15) is 0 Å². The molecule has 2 aromatic carbocycles. The van der Waals surface area contributed by atoms with Crippen molar-refractivity contribution in [3.05, 3.63) is 30.3 Å². The van der Waals surface area contributed by atoms with Gasteiger partial charge in [-0.2, -0.15) is 8.42 Å². The highest BCUT2D eigenvalue weighted by Crippen LogP contribution is 2.30. The van der Waals surface area contributed by atoms with E-state index in [0.29, 0.717) is 5.39 Å². The summed E-state index contributed by atoms with van der Waals surface area (Å²) in [5, 5.41) is 18.9. The van der Waals surface area contributed by atoms with Gasteiger partial charge in [0, 0.05) is 0 Å². The number of aromatic hydroxyl groups is 1. The molecule has 0 aliphatic carbocycles. The van der Waals surface area contributed by atoms with Crippen molar-refractivity contribution >= 4 is 30.7 Å². The molecule has 0 aliphatic heterocycles. The standard InChI is InChI=1S/C12H12O7S2/c13-3-4-20(15,16)10-2-1-8-6-11(14)12(21(17,18)19)7-9(8)5-10/h1-2,5-7,13-14H,3-4H2,(H,17,18,19). The molecule has 0 heterocycles. The van der Waals surface area contributed by atoms with Crippen molar-refractivity contribution in [3.8, 4) is 5.75 Å².